The van der Waals surface area contributed by atoms with Crippen LogP contribution in [0.15, 0.2) is 15.5 Å². The van der Waals surface area contributed by atoms with E-state index in [1.807, 2.05) is 7.05 Å². The van der Waals surface area contributed by atoms with E-state index in [2.05, 4.69) is 31.2 Å². The average molecular weight is 329 g/mol. The van der Waals surface area contributed by atoms with Crippen LogP contribution in [-0.4, -0.2) is 36.5 Å². The van der Waals surface area contributed by atoms with E-state index >= 15 is 0 Å². The minimum Gasteiger partial charge on any atom is -0.369 e. The number of hydrogen-bond acceptors (Lipinski definition) is 4. The SMILES string of the molecule is CNCCC1CCN(c2cnn(C)c(=O)c2Br)CC1. The highest BCUT2D eigenvalue weighted by Gasteiger charge is 2.21. The Labute approximate surface area is 122 Å². The lowest BCUT2D eigenvalue weighted by Crippen LogP contribution is -2.36. The van der Waals surface area contributed by atoms with Gasteiger partial charge in [-0.3, -0.25) is 4.79 Å². The molecule has 2 heterocycles. The zero-order valence-corrected chi connectivity index (χ0v) is 13.1. The summed E-state index contributed by atoms with van der Waals surface area (Å²) in [5.41, 5.74) is 0.852. The largest absolute Gasteiger partial charge is 0.369 e. The molecular weight excluding hydrogens is 308 g/mol. The second-order valence-corrected chi connectivity index (χ2v) is 5.89. The predicted octanol–water partition coefficient (Wildman–Crippen LogP) is 1.37. The van der Waals surface area contributed by atoms with Gasteiger partial charge in [0.15, 0.2) is 0 Å². The number of piperidine rings is 1. The molecule has 1 fully saturated rings. The molecule has 0 aromatic carbocycles. The summed E-state index contributed by atoms with van der Waals surface area (Å²) in [5.74, 6) is 0.793. The smallest absolute Gasteiger partial charge is 0.282 e. The first-order chi connectivity index (χ1) is 9.13. The molecule has 0 amide bonds. The van der Waals surface area contributed by atoms with Gasteiger partial charge in [-0.15, -0.1) is 0 Å². The number of aromatic nitrogens is 2. The maximum Gasteiger partial charge on any atom is 0.282 e. The number of hydrogen-bond donors (Lipinski definition) is 1. The fraction of sp³-hybridized carbons (Fsp3) is 0.692. The van der Waals surface area contributed by atoms with E-state index in [9.17, 15) is 4.79 Å². The highest BCUT2D eigenvalue weighted by Crippen LogP contribution is 2.27. The third-order valence-electron chi connectivity index (χ3n) is 3.82. The molecule has 1 aliphatic heterocycles. The van der Waals surface area contributed by atoms with Gasteiger partial charge in [0.05, 0.1) is 11.9 Å². The first-order valence-corrected chi connectivity index (χ1v) is 7.54. The molecule has 1 aliphatic rings. The molecule has 0 unspecified atom stereocenters. The number of aryl methyl sites for hydroxylation is 1. The van der Waals surface area contributed by atoms with Gasteiger partial charge in [0.1, 0.15) is 4.47 Å². The van der Waals surface area contributed by atoms with Crippen molar-refractivity contribution in [3.8, 4) is 0 Å². The quantitative estimate of drug-likeness (QED) is 0.906. The zero-order chi connectivity index (χ0) is 13.8. The Morgan fingerprint density at radius 3 is 2.79 bits per heavy atom. The lowest BCUT2D eigenvalue weighted by atomic mass is 9.93. The maximum atomic E-state index is 11.9. The molecule has 0 spiro atoms. The van der Waals surface area contributed by atoms with E-state index < -0.39 is 0 Å². The van der Waals surface area contributed by atoms with Crippen LogP contribution in [0.5, 0.6) is 0 Å². The summed E-state index contributed by atoms with van der Waals surface area (Å²) in [6.45, 7) is 3.09. The normalized spacial score (nSPS) is 16.9. The van der Waals surface area contributed by atoms with Crippen LogP contribution in [0.3, 0.4) is 0 Å². The van der Waals surface area contributed by atoms with Crippen LogP contribution in [0, 0.1) is 5.92 Å². The van der Waals surface area contributed by atoms with E-state index in [0.717, 1.165) is 31.2 Å². The Morgan fingerprint density at radius 1 is 1.47 bits per heavy atom. The summed E-state index contributed by atoms with van der Waals surface area (Å²) < 4.78 is 1.98. The first kappa shape index (κ1) is 14.5. The van der Waals surface area contributed by atoms with E-state index in [0.29, 0.717) is 4.47 Å². The Hall–Kier alpha value is -0.880. The van der Waals surface area contributed by atoms with Crippen LogP contribution in [0.1, 0.15) is 19.3 Å². The Morgan fingerprint density at radius 2 is 2.16 bits per heavy atom. The molecule has 0 aliphatic carbocycles. The van der Waals surface area contributed by atoms with Crippen molar-refractivity contribution in [2.24, 2.45) is 13.0 Å². The lowest BCUT2D eigenvalue weighted by Gasteiger charge is -2.33. The van der Waals surface area contributed by atoms with Gasteiger partial charge in [0.25, 0.3) is 5.56 Å². The second kappa shape index (κ2) is 6.52. The van der Waals surface area contributed by atoms with Gasteiger partial charge < -0.3 is 10.2 Å². The van der Waals surface area contributed by atoms with E-state index in [4.69, 9.17) is 0 Å². The van der Waals surface area contributed by atoms with Gasteiger partial charge in [0, 0.05) is 20.1 Å². The highest BCUT2D eigenvalue weighted by molar-refractivity contribution is 9.10. The molecule has 0 bridgehead atoms. The van der Waals surface area contributed by atoms with Crippen molar-refractivity contribution in [2.45, 2.75) is 19.3 Å². The molecular formula is C13H21BrN4O. The number of rotatable bonds is 4. The number of anilines is 1. The van der Waals surface area contributed by atoms with Crippen LogP contribution < -0.4 is 15.8 Å². The van der Waals surface area contributed by atoms with Crippen molar-refractivity contribution >= 4 is 21.6 Å². The van der Waals surface area contributed by atoms with Crippen molar-refractivity contribution in [1.82, 2.24) is 15.1 Å². The topological polar surface area (TPSA) is 50.2 Å². The molecule has 0 saturated carbocycles. The van der Waals surface area contributed by atoms with Gasteiger partial charge >= 0.3 is 0 Å². The number of nitrogens with one attached hydrogen (secondary N) is 1. The fourth-order valence-electron chi connectivity index (χ4n) is 2.53. The monoisotopic (exact) mass is 328 g/mol. The third kappa shape index (κ3) is 3.36. The number of halogens is 1. The lowest BCUT2D eigenvalue weighted by molar-refractivity contribution is 0.377. The molecule has 1 aromatic rings. The van der Waals surface area contributed by atoms with Crippen molar-refractivity contribution in [3.63, 3.8) is 0 Å². The average Bonchev–Trinajstić information content (AvgIpc) is 2.44. The Balaban J connectivity index is 2.02. The van der Waals surface area contributed by atoms with Crippen LogP contribution in [0.4, 0.5) is 5.69 Å². The first-order valence-electron chi connectivity index (χ1n) is 6.75. The molecule has 1 aromatic heterocycles. The van der Waals surface area contributed by atoms with Crippen molar-refractivity contribution in [1.29, 1.82) is 0 Å². The molecule has 5 nitrogen and oxygen atoms in total. The summed E-state index contributed by atoms with van der Waals surface area (Å²) in [5, 5.41) is 7.31. The minimum atomic E-state index is -0.0743. The predicted molar refractivity (Wildman–Crippen MR) is 80.7 cm³/mol. The van der Waals surface area contributed by atoms with Gasteiger partial charge in [-0.2, -0.15) is 5.10 Å². The van der Waals surface area contributed by atoms with Gasteiger partial charge in [-0.25, -0.2) is 4.68 Å². The fourth-order valence-corrected chi connectivity index (χ4v) is 3.14. The van der Waals surface area contributed by atoms with Crippen LogP contribution in [0.25, 0.3) is 0 Å². The Bertz CT molecular complexity index is 480. The molecule has 1 saturated heterocycles. The van der Waals surface area contributed by atoms with Crippen LogP contribution >= 0.6 is 15.9 Å². The van der Waals surface area contributed by atoms with E-state index in [1.54, 1.807) is 13.2 Å². The van der Waals surface area contributed by atoms with Gasteiger partial charge in [0.2, 0.25) is 0 Å². The van der Waals surface area contributed by atoms with Crippen molar-refractivity contribution < 1.29 is 0 Å². The maximum absolute atomic E-state index is 11.9. The summed E-state index contributed by atoms with van der Waals surface area (Å²) in [7, 11) is 3.67. The molecule has 6 heteroatoms. The summed E-state index contributed by atoms with van der Waals surface area (Å²) in [4.78, 5) is 14.1. The standard InChI is InChI=1S/C13H21BrN4O/c1-15-6-3-10-4-7-18(8-5-10)11-9-16-17(2)13(19)12(11)14/h9-10,15H,3-8H2,1-2H3. The number of nitrogens with zero attached hydrogens (tertiary/aromatic N) is 3. The second-order valence-electron chi connectivity index (χ2n) is 5.10. The summed E-state index contributed by atoms with van der Waals surface area (Å²) in [6.07, 6.45) is 5.38. The molecule has 0 radical (unpaired) electrons. The summed E-state index contributed by atoms with van der Waals surface area (Å²) >= 11 is 3.40. The van der Waals surface area contributed by atoms with Crippen LogP contribution in [-0.2, 0) is 7.05 Å². The Kier molecular flexibility index (Phi) is 4.99. The molecule has 0 atom stereocenters. The van der Waals surface area contributed by atoms with E-state index in [-0.39, 0.29) is 5.56 Å². The van der Waals surface area contributed by atoms with Gasteiger partial charge in [-0.05, 0) is 54.7 Å². The van der Waals surface area contributed by atoms with Crippen molar-refractivity contribution in [3.05, 3.63) is 21.0 Å². The van der Waals surface area contributed by atoms with Gasteiger partial charge in [-0.1, -0.05) is 0 Å². The summed E-state index contributed by atoms with van der Waals surface area (Å²) in [6, 6.07) is 0. The molecule has 106 valence electrons. The molecule has 2 rings (SSSR count). The minimum absolute atomic E-state index is 0.0743. The highest BCUT2D eigenvalue weighted by atomic mass is 79.9. The molecule has 1 N–H and O–H groups in total. The zero-order valence-electron chi connectivity index (χ0n) is 11.5. The van der Waals surface area contributed by atoms with Crippen LogP contribution in [0.2, 0.25) is 0 Å². The third-order valence-corrected chi connectivity index (χ3v) is 4.56. The van der Waals surface area contributed by atoms with Crippen molar-refractivity contribution in [2.75, 3.05) is 31.6 Å². The molecule has 19 heavy (non-hydrogen) atoms. The van der Waals surface area contributed by atoms with E-state index in [1.165, 1.54) is 23.9 Å².